The molecule has 1 unspecified atom stereocenters. The van der Waals surface area contributed by atoms with E-state index >= 15 is 0 Å². The maximum absolute atomic E-state index is 5.49. The number of hydrogen-bond donors (Lipinski definition) is 1. The lowest BCUT2D eigenvalue weighted by atomic mass is 10.2. The summed E-state index contributed by atoms with van der Waals surface area (Å²) in [5, 5.41) is 3.58. The molecule has 9 heteroatoms. The predicted octanol–water partition coefficient (Wildman–Crippen LogP) is -0.0294. The molecule has 3 fully saturated rings. The summed E-state index contributed by atoms with van der Waals surface area (Å²) >= 11 is 0. The highest BCUT2D eigenvalue weighted by Gasteiger charge is 2.30. The molecule has 0 aromatic carbocycles. The van der Waals surface area contributed by atoms with Crippen molar-refractivity contribution < 1.29 is 4.74 Å². The van der Waals surface area contributed by atoms with Gasteiger partial charge in [-0.25, -0.2) is 9.97 Å². The molecular formula is C21H36N8O. The topological polar surface area (TPSA) is 72.4 Å². The number of anilines is 1. The lowest BCUT2D eigenvalue weighted by molar-refractivity contribution is 0.0195. The molecule has 3 aliphatic heterocycles. The maximum atomic E-state index is 5.49. The van der Waals surface area contributed by atoms with Crippen molar-refractivity contribution in [3.05, 3.63) is 18.5 Å². The molecule has 0 amide bonds. The van der Waals surface area contributed by atoms with Gasteiger partial charge in [-0.2, -0.15) is 0 Å². The Bertz CT molecular complexity index is 658. The molecule has 166 valence electrons. The zero-order chi connectivity index (χ0) is 20.6. The summed E-state index contributed by atoms with van der Waals surface area (Å²) in [6.45, 7) is 12.2. The highest BCUT2D eigenvalue weighted by Crippen LogP contribution is 2.17. The summed E-state index contributed by atoms with van der Waals surface area (Å²) in [6.07, 6.45) is 5.98. The van der Waals surface area contributed by atoms with E-state index in [-0.39, 0.29) is 0 Å². The third-order valence-corrected chi connectivity index (χ3v) is 6.38. The van der Waals surface area contributed by atoms with Gasteiger partial charge in [0.1, 0.15) is 0 Å². The number of aliphatic imine (C=N–C) groups is 1. The van der Waals surface area contributed by atoms with Gasteiger partial charge in [0, 0.05) is 84.4 Å². The standard InChI is InChI=1S/C21H36N8O/c1-22-20(29-9-4-19(18-29)27-14-16-30-17-15-27)23-7-3-8-26-10-12-28(13-11-26)21-24-5-2-6-25-21/h2,5-6,19H,3-4,7-18H2,1H3,(H,22,23). The van der Waals surface area contributed by atoms with Crippen LogP contribution < -0.4 is 10.2 Å². The van der Waals surface area contributed by atoms with Crippen LogP contribution in [0, 0.1) is 0 Å². The van der Waals surface area contributed by atoms with E-state index in [0.29, 0.717) is 6.04 Å². The highest BCUT2D eigenvalue weighted by molar-refractivity contribution is 5.80. The minimum absolute atomic E-state index is 0.636. The Labute approximate surface area is 180 Å². The molecule has 0 radical (unpaired) electrons. The van der Waals surface area contributed by atoms with Crippen LogP contribution in [0.4, 0.5) is 5.95 Å². The molecular weight excluding hydrogens is 380 g/mol. The quantitative estimate of drug-likeness (QED) is 0.394. The highest BCUT2D eigenvalue weighted by atomic mass is 16.5. The molecule has 1 N–H and O–H groups in total. The minimum Gasteiger partial charge on any atom is -0.379 e. The van der Waals surface area contributed by atoms with E-state index in [1.165, 1.54) is 6.42 Å². The first kappa shape index (κ1) is 21.3. The summed E-state index contributed by atoms with van der Waals surface area (Å²) in [5.74, 6) is 1.90. The van der Waals surface area contributed by atoms with E-state index in [9.17, 15) is 0 Å². The average molecular weight is 417 g/mol. The number of aromatic nitrogens is 2. The fourth-order valence-corrected chi connectivity index (χ4v) is 4.64. The van der Waals surface area contributed by atoms with Crippen LogP contribution in [0.2, 0.25) is 0 Å². The molecule has 3 saturated heterocycles. The second-order valence-electron chi connectivity index (χ2n) is 8.24. The Morgan fingerprint density at radius 2 is 1.87 bits per heavy atom. The Balaban J connectivity index is 1.12. The first-order valence-corrected chi connectivity index (χ1v) is 11.3. The third-order valence-electron chi connectivity index (χ3n) is 6.38. The number of morpholine rings is 1. The molecule has 30 heavy (non-hydrogen) atoms. The van der Waals surface area contributed by atoms with Gasteiger partial charge in [0.25, 0.3) is 0 Å². The van der Waals surface area contributed by atoms with Crippen LogP contribution in [0.25, 0.3) is 0 Å². The molecule has 0 bridgehead atoms. The smallest absolute Gasteiger partial charge is 0.225 e. The SMILES string of the molecule is CN=C(NCCCN1CCN(c2ncccn2)CC1)N1CCC(N2CCOCC2)C1. The number of nitrogens with zero attached hydrogens (tertiary/aromatic N) is 7. The Kier molecular flexibility index (Phi) is 7.71. The zero-order valence-corrected chi connectivity index (χ0v) is 18.2. The zero-order valence-electron chi connectivity index (χ0n) is 18.2. The monoisotopic (exact) mass is 416 g/mol. The molecule has 0 aliphatic carbocycles. The normalized spacial score (nSPS) is 24.4. The molecule has 3 aliphatic rings. The second kappa shape index (κ2) is 10.9. The van der Waals surface area contributed by atoms with Crippen LogP contribution in [0.15, 0.2) is 23.5 Å². The van der Waals surface area contributed by atoms with Crippen molar-refractivity contribution in [1.29, 1.82) is 0 Å². The molecule has 0 spiro atoms. The number of ether oxygens (including phenoxy) is 1. The van der Waals surface area contributed by atoms with Crippen molar-refractivity contribution in [3.63, 3.8) is 0 Å². The lowest BCUT2D eigenvalue weighted by Gasteiger charge is -2.34. The van der Waals surface area contributed by atoms with Crippen LogP contribution >= 0.6 is 0 Å². The van der Waals surface area contributed by atoms with E-state index in [1.54, 1.807) is 0 Å². The molecule has 1 aromatic heterocycles. The summed E-state index contributed by atoms with van der Waals surface area (Å²) in [4.78, 5) is 23.1. The Morgan fingerprint density at radius 1 is 1.10 bits per heavy atom. The summed E-state index contributed by atoms with van der Waals surface area (Å²) < 4.78 is 5.49. The summed E-state index contributed by atoms with van der Waals surface area (Å²) in [6, 6.07) is 2.50. The fourth-order valence-electron chi connectivity index (χ4n) is 4.64. The molecule has 4 rings (SSSR count). The van der Waals surface area contributed by atoms with Gasteiger partial charge in [-0.3, -0.25) is 14.8 Å². The second-order valence-corrected chi connectivity index (χ2v) is 8.24. The van der Waals surface area contributed by atoms with Gasteiger partial charge in [-0.1, -0.05) is 0 Å². The molecule has 9 nitrogen and oxygen atoms in total. The summed E-state index contributed by atoms with van der Waals surface area (Å²) in [5.41, 5.74) is 0. The molecule has 1 aromatic rings. The first-order valence-electron chi connectivity index (χ1n) is 11.3. The van der Waals surface area contributed by atoms with E-state index in [0.717, 1.165) is 97.0 Å². The van der Waals surface area contributed by atoms with E-state index in [1.807, 2.05) is 25.5 Å². The van der Waals surface area contributed by atoms with Gasteiger partial charge in [0.15, 0.2) is 5.96 Å². The van der Waals surface area contributed by atoms with Crippen LogP contribution in [0.5, 0.6) is 0 Å². The first-order chi connectivity index (χ1) is 14.8. The lowest BCUT2D eigenvalue weighted by Crippen LogP contribution is -2.48. The summed E-state index contributed by atoms with van der Waals surface area (Å²) in [7, 11) is 1.90. The average Bonchev–Trinajstić information content (AvgIpc) is 3.31. The van der Waals surface area contributed by atoms with Crippen molar-refractivity contribution in [3.8, 4) is 0 Å². The van der Waals surface area contributed by atoms with E-state index in [4.69, 9.17) is 4.74 Å². The van der Waals surface area contributed by atoms with Crippen molar-refractivity contribution in [2.45, 2.75) is 18.9 Å². The molecule has 1 atom stereocenters. The van der Waals surface area contributed by atoms with Gasteiger partial charge >= 0.3 is 0 Å². The molecule has 0 saturated carbocycles. The number of piperazine rings is 1. The van der Waals surface area contributed by atoms with Crippen LogP contribution in [-0.2, 0) is 4.74 Å². The largest absolute Gasteiger partial charge is 0.379 e. The Hall–Kier alpha value is -1.97. The third kappa shape index (κ3) is 5.59. The van der Waals surface area contributed by atoms with Crippen molar-refractivity contribution in [1.82, 2.24) is 30.0 Å². The van der Waals surface area contributed by atoms with E-state index in [2.05, 4.69) is 39.9 Å². The van der Waals surface area contributed by atoms with Crippen LogP contribution in [0.3, 0.4) is 0 Å². The van der Waals surface area contributed by atoms with Crippen molar-refractivity contribution in [2.24, 2.45) is 4.99 Å². The van der Waals surface area contributed by atoms with Crippen LogP contribution in [0.1, 0.15) is 12.8 Å². The molecule has 4 heterocycles. The van der Waals surface area contributed by atoms with Crippen LogP contribution in [-0.4, -0.2) is 122 Å². The van der Waals surface area contributed by atoms with E-state index < -0.39 is 0 Å². The number of rotatable bonds is 6. The van der Waals surface area contributed by atoms with Gasteiger partial charge < -0.3 is 19.9 Å². The number of likely N-dealkylation sites (tertiary alicyclic amines) is 1. The number of nitrogens with one attached hydrogen (secondary N) is 1. The van der Waals surface area contributed by atoms with Crippen molar-refractivity contribution >= 4 is 11.9 Å². The van der Waals surface area contributed by atoms with Crippen molar-refractivity contribution in [2.75, 3.05) is 90.6 Å². The minimum atomic E-state index is 0.636. The number of guanidine groups is 1. The maximum Gasteiger partial charge on any atom is 0.225 e. The fraction of sp³-hybridized carbons (Fsp3) is 0.762. The Morgan fingerprint density at radius 3 is 2.60 bits per heavy atom. The van der Waals surface area contributed by atoms with Gasteiger partial charge in [-0.15, -0.1) is 0 Å². The van der Waals surface area contributed by atoms with Gasteiger partial charge in [0.05, 0.1) is 13.2 Å². The number of hydrogen-bond acceptors (Lipinski definition) is 7. The predicted molar refractivity (Wildman–Crippen MR) is 119 cm³/mol. The van der Waals surface area contributed by atoms with Gasteiger partial charge in [-0.05, 0) is 25.5 Å². The van der Waals surface area contributed by atoms with Gasteiger partial charge in [0.2, 0.25) is 5.95 Å².